The van der Waals surface area contributed by atoms with Crippen LogP contribution in [0.4, 0.5) is 0 Å². The highest BCUT2D eigenvalue weighted by atomic mass is 16.3. The van der Waals surface area contributed by atoms with Crippen LogP contribution in [0.5, 0.6) is 0 Å². The van der Waals surface area contributed by atoms with Gasteiger partial charge in [-0.05, 0) is 38.8 Å². The average Bonchev–Trinajstić information content (AvgIpc) is 2.20. The molecule has 0 aromatic rings. The molecule has 0 saturated carbocycles. The van der Waals surface area contributed by atoms with Crippen LogP contribution in [0, 0.1) is 5.41 Å². The zero-order valence-electron chi connectivity index (χ0n) is 13.5. The van der Waals surface area contributed by atoms with Crippen molar-refractivity contribution in [1.82, 2.24) is 10.2 Å². The van der Waals surface area contributed by atoms with Crippen LogP contribution in [-0.2, 0) is 0 Å². The molecule has 0 aliphatic rings. The molecule has 110 valence electrons. The Balaban J connectivity index is 4.07. The van der Waals surface area contributed by atoms with E-state index in [-0.39, 0.29) is 11.6 Å². The van der Waals surface area contributed by atoms with Gasteiger partial charge in [-0.15, -0.1) is 0 Å². The van der Waals surface area contributed by atoms with E-state index >= 15 is 0 Å². The molecule has 1 atom stereocenters. The minimum absolute atomic E-state index is 0.0719. The van der Waals surface area contributed by atoms with E-state index < -0.39 is 0 Å². The summed E-state index contributed by atoms with van der Waals surface area (Å²) in [5, 5.41) is 13.5. The summed E-state index contributed by atoms with van der Waals surface area (Å²) in [5.74, 6) is 0. The first-order valence-corrected chi connectivity index (χ1v) is 7.25. The summed E-state index contributed by atoms with van der Waals surface area (Å²) in [7, 11) is 0. The Morgan fingerprint density at radius 3 is 1.94 bits per heavy atom. The second kappa shape index (κ2) is 7.46. The molecule has 0 spiro atoms. The first kappa shape index (κ1) is 17.9. The smallest absolute Gasteiger partial charge is 0.0791 e. The number of hydrogen-bond donors (Lipinski definition) is 2. The second-order valence-corrected chi connectivity index (χ2v) is 7.14. The summed E-state index contributed by atoms with van der Waals surface area (Å²) < 4.78 is 0. The van der Waals surface area contributed by atoms with Crippen LogP contribution >= 0.6 is 0 Å². The summed E-state index contributed by atoms with van der Waals surface area (Å²) in [6, 6.07) is 0. The molecule has 0 bridgehead atoms. The highest BCUT2D eigenvalue weighted by molar-refractivity contribution is 4.84. The van der Waals surface area contributed by atoms with E-state index in [4.69, 9.17) is 0 Å². The van der Waals surface area contributed by atoms with E-state index in [1.165, 1.54) is 0 Å². The van der Waals surface area contributed by atoms with Gasteiger partial charge in [0.1, 0.15) is 0 Å². The van der Waals surface area contributed by atoms with Crippen LogP contribution in [0.3, 0.4) is 0 Å². The Bertz CT molecular complexity index is 217. The van der Waals surface area contributed by atoms with Crippen LogP contribution in [0.25, 0.3) is 0 Å². The number of rotatable bonds is 8. The molecule has 0 saturated heterocycles. The van der Waals surface area contributed by atoms with Gasteiger partial charge in [-0.1, -0.05) is 34.6 Å². The fourth-order valence-corrected chi connectivity index (χ4v) is 2.63. The highest BCUT2D eigenvalue weighted by Gasteiger charge is 2.25. The van der Waals surface area contributed by atoms with Gasteiger partial charge in [0.25, 0.3) is 0 Å². The van der Waals surface area contributed by atoms with Gasteiger partial charge < -0.3 is 15.3 Å². The summed E-state index contributed by atoms with van der Waals surface area (Å²) >= 11 is 0. The molecule has 3 heteroatoms. The number of aliphatic hydroxyl groups is 1. The van der Waals surface area contributed by atoms with Gasteiger partial charge in [-0.2, -0.15) is 0 Å². The van der Waals surface area contributed by atoms with E-state index in [9.17, 15) is 5.11 Å². The maximum atomic E-state index is 10.0. The number of aliphatic hydroxyl groups excluding tert-OH is 1. The third-order valence-corrected chi connectivity index (χ3v) is 3.15. The molecule has 0 radical (unpaired) electrons. The molecule has 0 amide bonds. The maximum absolute atomic E-state index is 10.0. The lowest BCUT2D eigenvalue weighted by molar-refractivity contribution is 0.104. The van der Waals surface area contributed by atoms with E-state index in [1.54, 1.807) is 0 Å². The van der Waals surface area contributed by atoms with Crippen LogP contribution in [0.1, 0.15) is 54.9 Å². The summed E-state index contributed by atoms with van der Waals surface area (Å²) in [5.41, 5.74) is 0.378. The Morgan fingerprint density at radius 1 is 1.06 bits per heavy atom. The third kappa shape index (κ3) is 8.90. The van der Waals surface area contributed by atoms with E-state index in [1.807, 2.05) is 0 Å². The molecule has 18 heavy (non-hydrogen) atoms. The van der Waals surface area contributed by atoms with Crippen LogP contribution in [0.2, 0.25) is 0 Å². The first-order valence-electron chi connectivity index (χ1n) is 7.25. The molecule has 1 unspecified atom stereocenters. The minimum Gasteiger partial charge on any atom is -0.390 e. The van der Waals surface area contributed by atoms with Crippen LogP contribution in [-0.4, -0.2) is 47.8 Å². The molecule has 0 aliphatic heterocycles. The lowest BCUT2D eigenvalue weighted by Gasteiger charge is -2.34. The SMILES string of the molecule is CCN(CC)CC(O)CNC(C)(C)CC(C)(C)C. The monoisotopic (exact) mass is 258 g/mol. The van der Waals surface area contributed by atoms with Gasteiger partial charge in [0.15, 0.2) is 0 Å². The fraction of sp³-hybridized carbons (Fsp3) is 1.00. The Hall–Kier alpha value is -0.120. The van der Waals surface area contributed by atoms with Crippen molar-refractivity contribution in [3.63, 3.8) is 0 Å². The molecular formula is C15H34N2O. The van der Waals surface area contributed by atoms with Gasteiger partial charge in [-0.25, -0.2) is 0 Å². The summed E-state index contributed by atoms with van der Waals surface area (Å²) in [4.78, 5) is 2.25. The zero-order valence-corrected chi connectivity index (χ0v) is 13.5. The standard InChI is InChI=1S/C15H34N2O/c1-8-17(9-2)11-13(18)10-16-15(6,7)12-14(3,4)5/h13,16,18H,8-12H2,1-7H3. The molecule has 0 aliphatic carbocycles. The van der Waals surface area contributed by atoms with Crippen LogP contribution in [0.15, 0.2) is 0 Å². The largest absolute Gasteiger partial charge is 0.390 e. The van der Waals surface area contributed by atoms with E-state index in [2.05, 4.69) is 58.7 Å². The summed E-state index contributed by atoms with van der Waals surface area (Å²) in [6.45, 7) is 18.9. The Kier molecular flexibility index (Phi) is 7.41. The predicted octanol–water partition coefficient (Wildman–Crippen LogP) is 2.49. The lowest BCUT2D eigenvalue weighted by atomic mass is 9.82. The Labute approximate surface area is 114 Å². The highest BCUT2D eigenvalue weighted by Crippen LogP contribution is 2.26. The van der Waals surface area contributed by atoms with Crippen molar-refractivity contribution in [3.05, 3.63) is 0 Å². The maximum Gasteiger partial charge on any atom is 0.0791 e. The van der Waals surface area contributed by atoms with Crippen LogP contribution < -0.4 is 5.32 Å². The topological polar surface area (TPSA) is 35.5 Å². The van der Waals surface area contributed by atoms with Crippen molar-refractivity contribution in [2.24, 2.45) is 5.41 Å². The molecule has 3 nitrogen and oxygen atoms in total. The van der Waals surface area contributed by atoms with E-state index in [0.717, 1.165) is 26.1 Å². The minimum atomic E-state index is -0.288. The fourth-order valence-electron chi connectivity index (χ4n) is 2.63. The predicted molar refractivity (Wildman–Crippen MR) is 79.9 cm³/mol. The second-order valence-electron chi connectivity index (χ2n) is 7.14. The molecule has 0 fully saturated rings. The van der Waals surface area contributed by atoms with Crippen molar-refractivity contribution in [2.75, 3.05) is 26.2 Å². The first-order chi connectivity index (χ1) is 8.09. The number of likely N-dealkylation sites (N-methyl/N-ethyl adjacent to an activating group) is 1. The Morgan fingerprint density at radius 2 is 1.56 bits per heavy atom. The third-order valence-electron chi connectivity index (χ3n) is 3.15. The van der Waals surface area contributed by atoms with Crippen molar-refractivity contribution in [3.8, 4) is 0 Å². The van der Waals surface area contributed by atoms with Gasteiger partial charge in [0.2, 0.25) is 0 Å². The molecular weight excluding hydrogens is 224 g/mol. The quantitative estimate of drug-likeness (QED) is 0.702. The van der Waals surface area contributed by atoms with Crippen molar-refractivity contribution < 1.29 is 5.11 Å². The lowest BCUT2D eigenvalue weighted by Crippen LogP contribution is -2.48. The van der Waals surface area contributed by atoms with Gasteiger partial charge in [-0.3, -0.25) is 0 Å². The number of hydrogen-bond acceptors (Lipinski definition) is 3. The van der Waals surface area contributed by atoms with E-state index in [0.29, 0.717) is 12.0 Å². The van der Waals surface area contributed by atoms with Gasteiger partial charge >= 0.3 is 0 Å². The summed E-state index contributed by atoms with van der Waals surface area (Å²) in [6.07, 6.45) is 0.807. The molecule has 0 aromatic heterocycles. The van der Waals surface area contributed by atoms with Crippen molar-refractivity contribution >= 4 is 0 Å². The molecule has 0 aromatic carbocycles. The zero-order chi connectivity index (χ0) is 14.4. The number of nitrogens with zero attached hydrogens (tertiary/aromatic N) is 1. The molecule has 0 heterocycles. The van der Waals surface area contributed by atoms with Crippen molar-refractivity contribution in [2.45, 2.75) is 66.5 Å². The normalized spacial score (nSPS) is 15.2. The number of β-amino-alcohol motifs (C(OH)–C–C–N with tert-alkyl or cyclic N) is 1. The number of nitrogens with one attached hydrogen (secondary N) is 1. The van der Waals surface area contributed by atoms with Gasteiger partial charge in [0, 0.05) is 18.6 Å². The molecule has 0 rings (SSSR count). The van der Waals surface area contributed by atoms with Crippen molar-refractivity contribution in [1.29, 1.82) is 0 Å². The molecule has 2 N–H and O–H groups in total. The van der Waals surface area contributed by atoms with Gasteiger partial charge in [0.05, 0.1) is 6.10 Å². The average molecular weight is 258 g/mol.